The number of carbonyl (C=O) groups is 1. The first-order valence-electron chi connectivity index (χ1n) is 5.16. The topological polar surface area (TPSA) is 32.3 Å². The monoisotopic (exact) mass is 238 g/mol. The quantitative estimate of drug-likeness (QED) is 0.643. The number of hydrogen-bond acceptors (Lipinski definition) is 3. The molecule has 0 saturated carbocycles. The Hall–Kier alpha value is -1.00. The Morgan fingerprint density at radius 3 is 2.69 bits per heavy atom. The van der Waals surface area contributed by atoms with Gasteiger partial charge in [0, 0.05) is 19.0 Å². The first-order valence-corrected chi connectivity index (χ1v) is 6.14. The summed E-state index contributed by atoms with van der Waals surface area (Å²) in [5, 5.41) is 1.66. The van der Waals surface area contributed by atoms with Gasteiger partial charge in [-0.2, -0.15) is 0 Å². The van der Waals surface area contributed by atoms with E-state index in [9.17, 15) is 4.79 Å². The minimum absolute atomic E-state index is 0.0240. The molecular formula is C12H18N2OS. The molecule has 0 spiro atoms. The highest BCUT2D eigenvalue weighted by atomic mass is 32.2. The lowest BCUT2D eigenvalue weighted by Crippen LogP contribution is -2.37. The van der Waals surface area contributed by atoms with Gasteiger partial charge in [0.1, 0.15) is 0 Å². The lowest BCUT2D eigenvalue weighted by Gasteiger charge is -2.12. The molecule has 1 amide bonds. The van der Waals surface area contributed by atoms with Gasteiger partial charge >= 0.3 is 0 Å². The molecule has 0 unspecified atom stereocenters. The third-order valence-corrected chi connectivity index (χ3v) is 3.21. The smallest absolute Gasteiger partial charge is 0.244 e. The van der Waals surface area contributed by atoms with Crippen LogP contribution in [0.2, 0.25) is 0 Å². The zero-order valence-electron chi connectivity index (χ0n) is 10.2. The highest BCUT2D eigenvalue weighted by Crippen LogP contribution is 2.23. The van der Waals surface area contributed by atoms with Gasteiger partial charge in [0.25, 0.3) is 0 Å². The van der Waals surface area contributed by atoms with Gasteiger partial charge in [0.05, 0.1) is 5.75 Å². The summed E-state index contributed by atoms with van der Waals surface area (Å²) < 4.78 is 0. The molecule has 0 radical (unpaired) electrons. The molecule has 88 valence electrons. The number of hydrogen-bond donors (Lipinski definition) is 1. The molecule has 4 heteroatoms. The SMILES string of the molecule is Cc1ccc(C)c(SCC(=O)NN(C)C)c1. The van der Waals surface area contributed by atoms with Crippen molar-refractivity contribution < 1.29 is 4.79 Å². The Balaban J connectivity index is 2.54. The summed E-state index contributed by atoms with van der Waals surface area (Å²) in [5.74, 6) is 0.471. The Labute approximate surface area is 101 Å². The van der Waals surface area contributed by atoms with Crippen molar-refractivity contribution in [2.24, 2.45) is 0 Å². The van der Waals surface area contributed by atoms with E-state index in [4.69, 9.17) is 0 Å². The van der Waals surface area contributed by atoms with Crippen molar-refractivity contribution in [1.29, 1.82) is 0 Å². The number of benzene rings is 1. The Kier molecular flexibility index (Phi) is 4.83. The number of nitrogens with zero attached hydrogens (tertiary/aromatic N) is 1. The molecule has 1 aromatic carbocycles. The average molecular weight is 238 g/mol. The maximum absolute atomic E-state index is 11.4. The summed E-state index contributed by atoms with van der Waals surface area (Å²) in [6.07, 6.45) is 0. The molecule has 1 N–H and O–H groups in total. The average Bonchev–Trinajstić information content (AvgIpc) is 2.18. The molecule has 0 aromatic heterocycles. The summed E-state index contributed by atoms with van der Waals surface area (Å²) in [4.78, 5) is 12.6. The van der Waals surface area contributed by atoms with Crippen LogP contribution in [0, 0.1) is 13.8 Å². The standard InChI is InChI=1S/C12H18N2OS/c1-9-5-6-10(2)11(7-9)16-8-12(15)13-14(3)4/h5-7H,8H2,1-4H3,(H,13,15). The van der Waals surface area contributed by atoms with Crippen molar-refractivity contribution in [3.63, 3.8) is 0 Å². The highest BCUT2D eigenvalue weighted by molar-refractivity contribution is 8.00. The number of nitrogens with one attached hydrogen (secondary N) is 1. The van der Waals surface area contributed by atoms with Crippen LogP contribution in [-0.2, 0) is 4.79 Å². The van der Waals surface area contributed by atoms with Gasteiger partial charge in [-0.25, -0.2) is 5.01 Å². The maximum atomic E-state index is 11.4. The van der Waals surface area contributed by atoms with Crippen LogP contribution in [0.25, 0.3) is 0 Å². The number of rotatable bonds is 4. The minimum atomic E-state index is 0.0240. The van der Waals surface area contributed by atoms with Crippen molar-refractivity contribution in [3.05, 3.63) is 29.3 Å². The van der Waals surface area contributed by atoms with Gasteiger partial charge in [-0.05, 0) is 25.5 Å². The Morgan fingerprint density at radius 1 is 1.38 bits per heavy atom. The Bertz CT molecular complexity index is 377. The molecule has 0 fully saturated rings. The number of hydrazine groups is 1. The van der Waals surface area contributed by atoms with E-state index in [-0.39, 0.29) is 5.91 Å². The summed E-state index contributed by atoms with van der Waals surface area (Å²) >= 11 is 1.57. The van der Waals surface area contributed by atoms with Crippen LogP contribution in [0.5, 0.6) is 0 Å². The molecular weight excluding hydrogens is 220 g/mol. The largest absolute Gasteiger partial charge is 0.289 e. The van der Waals surface area contributed by atoms with E-state index in [1.807, 2.05) is 0 Å². The summed E-state index contributed by atoms with van der Waals surface area (Å²) in [7, 11) is 3.61. The third kappa shape index (κ3) is 4.24. The van der Waals surface area contributed by atoms with Crippen LogP contribution >= 0.6 is 11.8 Å². The molecule has 1 aromatic rings. The van der Waals surface area contributed by atoms with Gasteiger partial charge in [-0.3, -0.25) is 10.2 Å². The van der Waals surface area contributed by atoms with Crippen molar-refractivity contribution >= 4 is 17.7 Å². The van der Waals surface area contributed by atoms with Crippen LogP contribution < -0.4 is 5.43 Å². The first kappa shape index (κ1) is 13.1. The molecule has 0 aliphatic carbocycles. The fourth-order valence-electron chi connectivity index (χ4n) is 1.29. The molecule has 0 heterocycles. The van der Waals surface area contributed by atoms with E-state index in [0.29, 0.717) is 5.75 Å². The van der Waals surface area contributed by atoms with Crippen LogP contribution in [0.4, 0.5) is 0 Å². The molecule has 0 aliphatic heterocycles. The van der Waals surface area contributed by atoms with E-state index < -0.39 is 0 Å². The normalized spacial score (nSPS) is 10.6. The van der Waals surface area contributed by atoms with Gasteiger partial charge in [-0.1, -0.05) is 17.7 Å². The van der Waals surface area contributed by atoms with E-state index in [0.717, 1.165) is 0 Å². The summed E-state index contributed by atoms with van der Waals surface area (Å²) in [5.41, 5.74) is 5.16. The lowest BCUT2D eigenvalue weighted by molar-refractivity contribution is -0.122. The second-order valence-electron chi connectivity index (χ2n) is 3.99. The van der Waals surface area contributed by atoms with Gasteiger partial charge in [0.15, 0.2) is 0 Å². The van der Waals surface area contributed by atoms with Crippen LogP contribution in [0.3, 0.4) is 0 Å². The van der Waals surface area contributed by atoms with E-state index in [2.05, 4.69) is 37.5 Å². The van der Waals surface area contributed by atoms with Gasteiger partial charge in [0.2, 0.25) is 5.91 Å². The van der Waals surface area contributed by atoms with Crippen molar-refractivity contribution in [3.8, 4) is 0 Å². The maximum Gasteiger partial charge on any atom is 0.244 e. The molecule has 16 heavy (non-hydrogen) atoms. The fourth-order valence-corrected chi connectivity index (χ4v) is 2.20. The molecule has 0 saturated heterocycles. The predicted octanol–water partition coefficient (Wildman–Crippen LogP) is 1.99. The Morgan fingerprint density at radius 2 is 2.06 bits per heavy atom. The zero-order chi connectivity index (χ0) is 12.1. The van der Waals surface area contributed by atoms with Gasteiger partial charge in [-0.15, -0.1) is 11.8 Å². The second-order valence-corrected chi connectivity index (χ2v) is 5.00. The molecule has 0 atom stereocenters. The van der Waals surface area contributed by atoms with E-state index >= 15 is 0 Å². The molecule has 0 bridgehead atoms. The highest BCUT2D eigenvalue weighted by Gasteiger charge is 2.05. The number of aryl methyl sites for hydroxylation is 2. The van der Waals surface area contributed by atoms with Crippen LogP contribution in [0.1, 0.15) is 11.1 Å². The third-order valence-electron chi connectivity index (χ3n) is 2.05. The first-order chi connectivity index (χ1) is 7.49. The summed E-state index contributed by atoms with van der Waals surface area (Å²) in [6, 6.07) is 6.28. The molecule has 3 nitrogen and oxygen atoms in total. The molecule has 1 rings (SSSR count). The number of carbonyl (C=O) groups excluding carboxylic acids is 1. The van der Waals surface area contributed by atoms with Crippen molar-refractivity contribution in [1.82, 2.24) is 10.4 Å². The van der Waals surface area contributed by atoms with E-state index in [1.54, 1.807) is 30.9 Å². The van der Waals surface area contributed by atoms with Crippen LogP contribution in [0.15, 0.2) is 23.1 Å². The van der Waals surface area contributed by atoms with Crippen LogP contribution in [-0.4, -0.2) is 30.8 Å². The minimum Gasteiger partial charge on any atom is -0.289 e. The van der Waals surface area contributed by atoms with E-state index in [1.165, 1.54) is 16.0 Å². The predicted molar refractivity (Wildman–Crippen MR) is 68.5 cm³/mol. The van der Waals surface area contributed by atoms with Crippen molar-refractivity contribution in [2.75, 3.05) is 19.8 Å². The second kappa shape index (κ2) is 5.92. The van der Waals surface area contributed by atoms with Gasteiger partial charge < -0.3 is 0 Å². The number of amides is 1. The number of thioether (sulfide) groups is 1. The summed E-state index contributed by atoms with van der Waals surface area (Å²) in [6.45, 7) is 4.12. The fraction of sp³-hybridized carbons (Fsp3) is 0.417. The zero-order valence-corrected chi connectivity index (χ0v) is 11.0. The van der Waals surface area contributed by atoms with Crippen molar-refractivity contribution in [2.45, 2.75) is 18.7 Å². The molecule has 0 aliphatic rings. The lowest BCUT2D eigenvalue weighted by atomic mass is 10.2.